The first kappa shape index (κ1) is 39.0. The van der Waals surface area contributed by atoms with E-state index in [1.165, 1.54) is 12.7 Å². The van der Waals surface area contributed by atoms with Gasteiger partial charge in [-0.3, -0.25) is 19.2 Å². The number of methoxy groups -OCH3 is 3. The third-order valence-electron chi connectivity index (χ3n) is 6.84. The van der Waals surface area contributed by atoms with Crippen LogP contribution in [0.4, 0.5) is 4.79 Å². The summed E-state index contributed by atoms with van der Waals surface area (Å²) in [4.78, 5) is 57.8. The van der Waals surface area contributed by atoms with E-state index in [1.807, 2.05) is 60.7 Å². The van der Waals surface area contributed by atoms with Crippen LogP contribution in [-0.4, -0.2) is 56.8 Å². The Balaban J connectivity index is 0.000000277. The fraction of sp³-hybridized carbons (Fsp3) is 0.361. The summed E-state index contributed by atoms with van der Waals surface area (Å²) in [7, 11) is 3.68. The lowest BCUT2D eigenvalue weighted by Gasteiger charge is -2.27. The topological polar surface area (TPSA) is 172 Å². The number of rotatable bonds is 9. The van der Waals surface area contributed by atoms with Gasteiger partial charge in [0.25, 0.3) is 0 Å². The summed E-state index contributed by atoms with van der Waals surface area (Å²) in [6.45, 7) is 5.13. The second kappa shape index (κ2) is 19.4. The minimum atomic E-state index is -1.35. The highest BCUT2D eigenvalue weighted by Crippen LogP contribution is 2.26. The Morgan fingerprint density at radius 3 is 1.67 bits per heavy atom. The Labute approximate surface area is 281 Å². The molecule has 12 nitrogen and oxygen atoms in total. The van der Waals surface area contributed by atoms with Crippen LogP contribution in [-0.2, 0) is 38.1 Å². The van der Waals surface area contributed by atoms with E-state index in [1.54, 1.807) is 51.1 Å². The number of β-lactam (4-membered cyclic amide) rings is 1. The molecular weight excluding hydrogens is 618 g/mol. The third kappa shape index (κ3) is 13.2. The summed E-state index contributed by atoms with van der Waals surface area (Å²) in [6.07, 6.45) is 0.110. The van der Waals surface area contributed by atoms with E-state index in [0.29, 0.717) is 12.0 Å². The van der Waals surface area contributed by atoms with Crippen molar-refractivity contribution in [2.75, 3.05) is 21.3 Å². The minimum Gasteiger partial charge on any atom is -0.469 e. The summed E-state index contributed by atoms with van der Waals surface area (Å²) in [5.74, 6) is -3.11. The first-order chi connectivity index (χ1) is 22.8. The van der Waals surface area contributed by atoms with Crippen molar-refractivity contribution in [3.05, 3.63) is 108 Å². The van der Waals surface area contributed by atoms with Crippen molar-refractivity contribution in [3.63, 3.8) is 0 Å². The van der Waals surface area contributed by atoms with Crippen LogP contribution < -0.4 is 16.4 Å². The van der Waals surface area contributed by atoms with Crippen LogP contribution in [0.2, 0.25) is 0 Å². The van der Waals surface area contributed by atoms with Crippen LogP contribution in [0.25, 0.3) is 0 Å². The molecule has 0 spiro atoms. The first-order valence-corrected chi connectivity index (χ1v) is 15.2. The highest BCUT2D eigenvalue weighted by atomic mass is 16.6. The lowest BCUT2D eigenvalue weighted by Crippen LogP contribution is -2.43. The molecule has 0 unspecified atom stereocenters. The Kier molecular flexibility index (Phi) is 15.8. The van der Waals surface area contributed by atoms with Crippen LogP contribution in [0.15, 0.2) is 91.0 Å². The van der Waals surface area contributed by atoms with Gasteiger partial charge in [0.1, 0.15) is 5.60 Å². The van der Waals surface area contributed by atoms with Gasteiger partial charge in [-0.05, 0) is 37.5 Å². The van der Waals surface area contributed by atoms with E-state index in [0.717, 1.165) is 19.8 Å². The van der Waals surface area contributed by atoms with Crippen molar-refractivity contribution in [3.8, 4) is 0 Å². The monoisotopic (exact) mass is 663 g/mol. The Morgan fingerprint density at radius 2 is 1.25 bits per heavy atom. The fourth-order valence-electron chi connectivity index (χ4n) is 4.40. The molecule has 0 aromatic heterocycles. The SMILES string of the molecule is COC(=O)C(C(=O)OC)[C@@H](NC(=O)OC(C)(C)C)c1ccccc1.COC(=O)C[C@@H](N)c1ccccc1.O=C1C[C@H](c2ccccc2)N1. The van der Waals surface area contributed by atoms with Gasteiger partial charge >= 0.3 is 24.0 Å². The van der Waals surface area contributed by atoms with E-state index < -0.39 is 35.6 Å². The van der Waals surface area contributed by atoms with Crippen LogP contribution in [0.1, 0.15) is 68.4 Å². The van der Waals surface area contributed by atoms with Crippen molar-refractivity contribution >= 4 is 29.9 Å². The summed E-state index contributed by atoms with van der Waals surface area (Å²) < 4.78 is 19.1. The molecule has 1 fully saturated rings. The molecule has 48 heavy (non-hydrogen) atoms. The first-order valence-electron chi connectivity index (χ1n) is 15.2. The van der Waals surface area contributed by atoms with Crippen molar-refractivity contribution in [2.45, 2.75) is 57.3 Å². The van der Waals surface area contributed by atoms with E-state index >= 15 is 0 Å². The molecule has 1 heterocycles. The molecule has 2 amide bonds. The number of hydrogen-bond donors (Lipinski definition) is 3. The molecule has 3 aromatic rings. The number of hydrogen-bond acceptors (Lipinski definition) is 10. The lowest BCUT2D eigenvalue weighted by atomic mass is 9.93. The number of nitrogens with two attached hydrogens (primary N) is 1. The van der Waals surface area contributed by atoms with E-state index in [-0.39, 0.29) is 30.4 Å². The third-order valence-corrected chi connectivity index (χ3v) is 6.84. The predicted octanol–water partition coefficient (Wildman–Crippen LogP) is 4.71. The van der Waals surface area contributed by atoms with Gasteiger partial charge in [0, 0.05) is 6.04 Å². The van der Waals surface area contributed by atoms with Crippen LogP contribution in [0.3, 0.4) is 0 Å². The van der Waals surface area contributed by atoms with Crippen molar-refractivity contribution in [1.82, 2.24) is 10.6 Å². The molecule has 0 saturated carbocycles. The van der Waals surface area contributed by atoms with Gasteiger partial charge in [-0.25, -0.2) is 4.79 Å². The van der Waals surface area contributed by atoms with E-state index in [9.17, 15) is 24.0 Å². The van der Waals surface area contributed by atoms with Gasteiger partial charge in [0.2, 0.25) is 5.91 Å². The van der Waals surface area contributed by atoms with Crippen LogP contribution in [0, 0.1) is 5.92 Å². The van der Waals surface area contributed by atoms with Crippen LogP contribution in [0.5, 0.6) is 0 Å². The summed E-state index contributed by atoms with van der Waals surface area (Å²) in [5, 5.41) is 5.38. The Morgan fingerprint density at radius 1 is 0.792 bits per heavy atom. The Hall–Kier alpha value is -5.23. The predicted molar refractivity (Wildman–Crippen MR) is 178 cm³/mol. The van der Waals surface area contributed by atoms with Gasteiger partial charge in [0.15, 0.2) is 5.92 Å². The maximum absolute atomic E-state index is 12.1. The number of amides is 2. The molecule has 258 valence electrons. The van der Waals surface area contributed by atoms with Gasteiger partial charge in [-0.2, -0.15) is 0 Å². The molecule has 0 radical (unpaired) electrons. The summed E-state index contributed by atoms with van der Waals surface area (Å²) in [5.41, 5.74) is 7.74. The second-order valence-corrected chi connectivity index (χ2v) is 11.6. The van der Waals surface area contributed by atoms with Gasteiger partial charge in [-0.15, -0.1) is 0 Å². The highest BCUT2D eigenvalue weighted by molar-refractivity contribution is 5.96. The zero-order valence-electron chi connectivity index (χ0n) is 28.1. The quantitative estimate of drug-likeness (QED) is 0.126. The summed E-state index contributed by atoms with van der Waals surface area (Å²) >= 11 is 0. The normalized spacial score (nSPS) is 14.5. The number of carbonyl (C=O) groups is 5. The van der Waals surface area contributed by atoms with Gasteiger partial charge < -0.3 is 35.3 Å². The molecule has 3 atom stereocenters. The molecule has 1 aliphatic rings. The number of ether oxygens (including phenoxy) is 4. The number of esters is 3. The molecule has 3 aromatic carbocycles. The van der Waals surface area contributed by atoms with Crippen LogP contribution >= 0.6 is 0 Å². The summed E-state index contributed by atoms with van der Waals surface area (Å²) in [6, 6.07) is 27.1. The average Bonchev–Trinajstić information content (AvgIpc) is 3.07. The number of carbonyl (C=O) groups excluding carboxylic acids is 5. The van der Waals surface area contributed by atoms with Crippen molar-refractivity contribution in [2.24, 2.45) is 11.7 Å². The minimum absolute atomic E-state index is 0.152. The van der Waals surface area contributed by atoms with Gasteiger partial charge in [0.05, 0.1) is 46.3 Å². The largest absolute Gasteiger partial charge is 0.469 e. The maximum Gasteiger partial charge on any atom is 0.408 e. The molecule has 1 saturated heterocycles. The second-order valence-electron chi connectivity index (χ2n) is 11.6. The standard InChI is InChI=1S/C17H23NO6.C10H13NO2.C9H9NO/c1-17(2,3)24-16(21)18-13(11-9-7-6-8-10-11)12(14(19)22-4)15(20)23-5;1-13-10(12)7-9(11)8-5-3-2-4-6-8;11-9-6-8(10-9)7-4-2-1-3-5-7/h6-10,12-13H,1-5H3,(H,18,21);2-6,9H,7,11H2,1H3;1-5,8H,6H2,(H,10,11)/t13-;9-;8-/m011/s1. The zero-order valence-corrected chi connectivity index (χ0v) is 28.1. The molecule has 0 bridgehead atoms. The maximum atomic E-state index is 12.1. The van der Waals surface area contributed by atoms with Gasteiger partial charge in [-0.1, -0.05) is 91.0 Å². The molecule has 12 heteroatoms. The average molecular weight is 664 g/mol. The Bertz CT molecular complexity index is 1440. The molecule has 4 rings (SSSR count). The van der Waals surface area contributed by atoms with Crippen molar-refractivity contribution in [1.29, 1.82) is 0 Å². The fourth-order valence-corrected chi connectivity index (χ4v) is 4.40. The molecule has 1 aliphatic heterocycles. The molecule has 4 N–H and O–H groups in total. The molecular formula is C36H45N3O9. The number of alkyl carbamates (subject to hydrolysis) is 1. The van der Waals surface area contributed by atoms with E-state index in [4.69, 9.17) is 10.5 Å². The highest BCUT2D eigenvalue weighted by Gasteiger charge is 2.39. The van der Waals surface area contributed by atoms with Crippen molar-refractivity contribution < 1.29 is 42.9 Å². The van der Waals surface area contributed by atoms with E-state index in [2.05, 4.69) is 24.8 Å². The zero-order chi connectivity index (χ0) is 35.7. The number of benzene rings is 3. The number of nitrogens with one attached hydrogen (secondary N) is 2. The molecule has 0 aliphatic carbocycles. The lowest BCUT2D eigenvalue weighted by molar-refractivity contribution is -0.160. The smallest absolute Gasteiger partial charge is 0.408 e.